The van der Waals surface area contributed by atoms with E-state index >= 15 is 0 Å². The molecule has 3 fully saturated rings. The van der Waals surface area contributed by atoms with E-state index in [0.717, 1.165) is 18.4 Å². The van der Waals surface area contributed by atoms with E-state index in [-0.39, 0.29) is 30.0 Å². The number of hydrogen-bond donors (Lipinski definition) is 4. The van der Waals surface area contributed by atoms with E-state index in [2.05, 4.69) is 0 Å². The predicted octanol–water partition coefficient (Wildman–Crippen LogP) is 0.138. The van der Waals surface area contributed by atoms with Crippen LogP contribution in [0, 0.1) is 29.1 Å². The summed E-state index contributed by atoms with van der Waals surface area (Å²) in [5.74, 6) is -1.53. The third kappa shape index (κ3) is 2.19. The van der Waals surface area contributed by atoms with Crippen molar-refractivity contribution in [1.29, 1.82) is 0 Å². The van der Waals surface area contributed by atoms with Gasteiger partial charge < -0.3 is 20.4 Å². The molecule has 26 heavy (non-hydrogen) atoms. The quantitative estimate of drug-likeness (QED) is 0.555. The highest BCUT2D eigenvalue weighted by molar-refractivity contribution is 6.01. The molecule has 0 amide bonds. The van der Waals surface area contributed by atoms with Crippen LogP contribution in [0.3, 0.4) is 0 Å². The van der Waals surface area contributed by atoms with Gasteiger partial charge in [-0.25, -0.2) is 0 Å². The van der Waals surface area contributed by atoms with Gasteiger partial charge in [0.15, 0.2) is 17.2 Å². The van der Waals surface area contributed by atoms with Crippen LogP contribution in [0.4, 0.5) is 0 Å². The van der Waals surface area contributed by atoms with Crippen molar-refractivity contribution < 1.29 is 30.0 Å². The molecule has 4 aliphatic rings. The first-order valence-electron chi connectivity index (χ1n) is 9.40. The van der Waals surface area contributed by atoms with Gasteiger partial charge in [0.1, 0.15) is 6.61 Å². The number of carbonyl (C=O) groups excluding carboxylic acids is 2. The van der Waals surface area contributed by atoms with Gasteiger partial charge in [0.25, 0.3) is 0 Å². The molecule has 8 atom stereocenters. The smallest absolute Gasteiger partial charge is 0.192 e. The highest BCUT2D eigenvalue weighted by Gasteiger charge is 2.65. The Bertz CT molecular complexity index is 711. The number of aliphatic hydroxyl groups excluding tert-OH is 3. The van der Waals surface area contributed by atoms with E-state index in [9.17, 15) is 30.0 Å². The molecule has 0 aromatic carbocycles. The maximum atomic E-state index is 12.2. The summed E-state index contributed by atoms with van der Waals surface area (Å²) in [5, 5.41) is 41.6. The molecule has 6 heteroatoms. The number of rotatable bonds is 2. The summed E-state index contributed by atoms with van der Waals surface area (Å²) < 4.78 is 0. The highest BCUT2D eigenvalue weighted by atomic mass is 16.4. The van der Waals surface area contributed by atoms with Gasteiger partial charge in [-0.3, -0.25) is 9.59 Å². The van der Waals surface area contributed by atoms with Crippen LogP contribution in [0.2, 0.25) is 0 Å². The summed E-state index contributed by atoms with van der Waals surface area (Å²) in [5.41, 5.74) is -1.38. The van der Waals surface area contributed by atoms with Crippen LogP contribution in [0.1, 0.15) is 32.6 Å². The molecule has 6 nitrogen and oxygen atoms in total. The van der Waals surface area contributed by atoms with Crippen LogP contribution in [0.5, 0.6) is 0 Å². The van der Waals surface area contributed by atoms with E-state index in [0.29, 0.717) is 6.42 Å². The molecule has 0 aromatic heterocycles. The fourth-order valence-corrected chi connectivity index (χ4v) is 6.45. The second kappa shape index (κ2) is 5.83. The van der Waals surface area contributed by atoms with Crippen molar-refractivity contribution in [2.75, 3.05) is 6.61 Å². The van der Waals surface area contributed by atoms with E-state index in [1.54, 1.807) is 12.2 Å². The molecule has 0 aromatic rings. The third-order valence-electron chi connectivity index (χ3n) is 7.64. The Morgan fingerprint density at radius 2 is 2.00 bits per heavy atom. The van der Waals surface area contributed by atoms with E-state index < -0.39 is 41.5 Å². The summed E-state index contributed by atoms with van der Waals surface area (Å²) in [7, 11) is 0. The van der Waals surface area contributed by atoms with E-state index in [4.69, 9.17) is 0 Å². The maximum absolute atomic E-state index is 12.2. The van der Waals surface area contributed by atoms with E-state index in [1.165, 1.54) is 0 Å². The first-order valence-corrected chi connectivity index (χ1v) is 9.40. The monoisotopic (exact) mass is 362 g/mol. The topological polar surface area (TPSA) is 115 Å². The fourth-order valence-electron chi connectivity index (χ4n) is 6.45. The second-order valence-corrected chi connectivity index (χ2v) is 8.65. The summed E-state index contributed by atoms with van der Waals surface area (Å²) >= 11 is 0. The van der Waals surface area contributed by atoms with Crippen molar-refractivity contribution >= 4 is 11.6 Å². The number of hydrogen-bond acceptors (Lipinski definition) is 6. The van der Waals surface area contributed by atoms with Crippen LogP contribution in [0.15, 0.2) is 23.8 Å². The number of allylic oxidation sites excluding steroid dienone is 4. The van der Waals surface area contributed by atoms with Crippen molar-refractivity contribution in [3.63, 3.8) is 0 Å². The third-order valence-corrected chi connectivity index (χ3v) is 7.64. The number of Topliss-reactive ketones (excluding diaryl/α,β-unsaturated/α-hetero) is 1. The van der Waals surface area contributed by atoms with Gasteiger partial charge in [0.05, 0.1) is 12.2 Å². The average Bonchev–Trinajstić information content (AvgIpc) is 2.87. The normalized spacial score (nSPS) is 49.9. The lowest BCUT2D eigenvalue weighted by Crippen LogP contribution is -2.58. The van der Waals surface area contributed by atoms with Gasteiger partial charge in [-0.1, -0.05) is 18.6 Å². The number of aliphatic hydroxyl groups is 4. The SMILES string of the molecule is C[C@]12C=CC(=O)C=C1CC[C@@H]1[C@@H]2[C@@H](O)CC2[C@H]1C[C@@H](O)[C@]2(O)C(=O)CO. The number of carbonyl (C=O) groups is 2. The lowest BCUT2D eigenvalue weighted by atomic mass is 9.49. The summed E-state index contributed by atoms with van der Waals surface area (Å²) in [6.07, 6.45) is 5.11. The van der Waals surface area contributed by atoms with Gasteiger partial charge in [-0.2, -0.15) is 0 Å². The van der Waals surface area contributed by atoms with Gasteiger partial charge >= 0.3 is 0 Å². The van der Waals surface area contributed by atoms with Crippen molar-refractivity contribution in [2.45, 2.75) is 50.4 Å². The summed E-state index contributed by atoms with van der Waals surface area (Å²) in [6.45, 7) is 1.22. The van der Waals surface area contributed by atoms with E-state index in [1.807, 2.05) is 13.0 Å². The maximum Gasteiger partial charge on any atom is 0.192 e. The Kier molecular flexibility index (Phi) is 4.04. The molecular weight excluding hydrogens is 336 g/mol. The Labute approximate surface area is 152 Å². The molecule has 0 aliphatic heterocycles. The fraction of sp³-hybridized carbons (Fsp3) is 0.700. The molecule has 142 valence electrons. The standard InChI is InChI=1S/C20H26O6/c1-19-5-4-11(22)6-10(19)2-3-12-13-7-16(24)20(26,17(25)9-21)14(13)8-15(23)18(12)19/h4-6,12-16,18,21,23-24,26H,2-3,7-9H2,1H3/t12-,13-,14?,15-,16+,18+,19-,20-/m0/s1. The number of ketones is 2. The van der Waals surface area contributed by atoms with Gasteiger partial charge in [-0.15, -0.1) is 0 Å². The number of fused-ring (bicyclic) bond motifs is 5. The molecule has 4 aliphatic carbocycles. The molecule has 3 saturated carbocycles. The van der Waals surface area contributed by atoms with Gasteiger partial charge in [0, 0.05) is 17.3 Å². The Morgan fingerprint density at radius 1 is 1.27 bits per heavy atom. The molecule has 4 N–H and O–H groups in total. The van der Waals surface area contributed by atoms with Gasteiger partial charge in [0.2, 0.25) is 0 Å². The van der Waals surface area contributed by atoms with Crippen molar-refractivity contribution in [2.24, 2.45) is 29.1 Å². The molecule has 1 unspecified atom stereocenters. The minimum atomic E-state index is -1.99. The largest absolute Gasteiger partial charge is 0.393 e. The van der Waals surface area contributed by atoms with Gasteiger partial charge in [-0.05, 0) is 49.7 Å². The molecular formula is C20H26O6. The predicted molar refractivity (Wildman–Crippen MR) is 91.8 cm³/mol. The molecule has 4 rings (SSSR count). The van der Waals surface area contributed by atoms with Crippen LogP contribution in [0.25, 0.3) is 0 Å². The zero-order valence-electron chi connectivity index (χ0n) is 14.8. The Morgan fingerprint density at radius 3 is 2.69 bits per heavy atom. The average molecular weight is 362 g/mol. The van der Waals surface area contributed by atoms with Crippen molar-refractivity contribution in [3.05, 3.63) is 23.8 Å². The zero-order valence-corrected chi connectivity index (χ0v) is 14.8. The summed E-state index contributed by atoms with van der Waals surface area (Å²) in [4.78, 5) is 24.0. The minimum Gasteiger partial charge on any atom is -0.393 e. The Hall–Kier alpha value is -1.34. The zero-order chi connectivity index (χ0) is 18.9. The van der Waals surface area contributed by atoms with Crippen LogP contribution >= 0.6 is 0 Å². The molecule has 0 saturated heterocycles. The van der Waals surface area contributed by atoms with Crippen LogP contribution in [-0.2, 0) is 9.59 Å². The van der Waals surface area contributed by atoms with Crippen molar-refractivity contribution in [1.82, 2.24) is 0 Å². The Balaban J connectivity index is 1.72. The minimum absolute atomic E-state index is 0.0293. The second-order valence-electron chi connectivity index (χ2n) is 8.65. The highest BCUT2D eigenvalue weighted by Crippen LogP contribution is 2.62. The lowest BCUT2D eigenvalue weighted by molar-refractivity contribution is -0.165. The first kappa shape index (κ1) is 18.0. The molecule has 0 radical (unpaired) electrons. The van der Waals surface area contributed by atoms with Crippen LogP contribution in [-0.4, -0.2) is 56.4 Å². The lowest BCUT2D eigenvalue weighted by Gasteiger charge is -2.56. The molecule has 0 heterocycles. The summed E-state index contributed by atoms with van der Waals surface area (Å²) in [6, 6.07) is 0. The first-order chi connectivity index (χ1) is 12.2. The molecule has 0 spiro atoms. The molecule has 0 bridgehead atoms. The van der Waals surface area contributed by atoms with Crippen LogP contribution < -0.4 is 0 Å². The van der Waals surface area contributed by atoms with Crippen molar-refractivity contribution in [3.8, 4) is 0 Å².